The first-order chi connectivity index (χ1) is 8.17. The van der Waals surface area contributed by atoms with E-state index in [4.69, 9.17) is 9.47 Å². The summed E-state index contributed by atoms with van der Waals surface area (Å²) in [6.07, 6.45) is 1.85. The van der Waals surface area contributed by atoms with Gasteiger partial charge in [0.25, 0.3) is 0 Å². The van der Waals surface area contributed by atoms with Crippen LogP contribution in [0.4, 0.5) is 0 Å². The number of methoxy groups -OCH3 is 2. The number of halogens is 2. The zero-order chi connectivity index (χ0) is 12.7. The van der Waals surface area contributed by atoms with E-state index in [9.17, 15) is 0 Å². The first kappa shape index (κ1) is 15.0. The van der Waals surface area contributed by atoms with Crippen LogP contribution in [-0.4, -0.2) is 38.5 Å². The SMILES string of the molecule is COCC(CNCc1ncc(Br)cc1Br)OC. The van der Waals surface area contributed by atoms with Gasteiger partial charge in [-0.2, -0.15) is 0 Å². The smallest absolute Gasteiger partial charge is 0.0928 e. The molecule has 0 fully saturated rings. The zero-order valence-corrected chi connectivity index (χ0v) is 13.0. The molecule has 1 rings (SSSR count). The van der Waals surface area contributed by atoms with E-state index in [0.29, 0.717) is 13.2 Å². The average Bonchev–Trinajstić information content (AvgIpc) is 2.30. The van der Waals surface area contributed by atoms with Crippen LogP contribution in [0.3, 0.4) is 0 Å². The van der Waals surface area contributed by atoms with Crippen molar-refractivity contribution >= 4 is 31.9 Å². The van der Waals surface area contributed by atoms with Gasteiger partial charge >= 0.3 is 0 Å². The van der Waals surface area contributed by atoms with E-state index < -0.39 is 0 Å². The van der Waals surface area contributed by atoms with Gasteiger partial charge in [-0.25, -0.2) is 0 Å². The van der Waals surface area contributed by atoms with Gasteiger partial charge in [-0.15, -0.1) is 0 Å². The van der Waals surface area contributed by atoms with E-state index in [-0.39, 0.29) is 6.10 Å². The molecule has 1 aromatic heterocycles. The summed E-state index contributed by atoms with van der Waals surface area (Å²) < 4.78 is 12.2. The van der Waals surface area contributed by atoms with Crippen molar-refractivity contribution in [2.75, 3.05) is 27.4 Å². The molecule has 0 aromatic carbocycles. The van der Waals surface area contributed by atoms with Crippen molar-refractivity contribution in [2.24, 2.45) is 0 Å². The molecule has 0 amide bonds. The molecule has 6 heteroatoms. The lowest BCUT2D eigenvalue weighted by atomic mass is 10.3. The molecule has 96 valence electrons. The lowest BCUT2D eigenvalue weighted by molar-refractivity contribution is 0.0287. The lowest BCUT2D eigenvalue weighted by Gasteiger charge is -2.15. The highest BCUT2D eigenvalue weighted by molar-refractivity contribution is 9.11. The van der Waals surface area contributed by atoms with E-state index in [0.717, 1.165) is 21.2 Å². The maximum absolute atomic E-state index is 5.25. The van der Waals surface area contributed by atoms with Crippen molar-refractivity contribution in [1.29, 1.82) is 0 Å². The third kappa shape index (κ3) is 5.44. The number of aromatic nitrogens is 1. The van der Waals surface area contributed by atoms with E-state index in [1.807, 2.05) is 6.07 Å². The summed E-state index contributed by atoms with van der Waals surface area (Å²) in [5.41, 5.74) is 0.973. The Bertz CT molecular complexity index is 350. The number of ether oxygens (including phenoxy) is 2. The molecule has 0 aliphatic carbocycles. The van der Waals surface area contributed by atoms with Crippen LogP contribution < -0.4 is 5.32 Å². The molecule has 4 nitrogen and oxygen atoms in total. The fraction of sp³-hybridized carbons (Fsp3) is 0.545. The van der Waals surface area contributed by atoms with Gasteiger partial charge in [0.1, 0.15) is 0 Å². The molecule has 0 saturated heterocycles. The van der Waals surface area contributed by atoms with Gasteiger partial charge in [0.15, 0.2) is 0 Å². The van der Waals surface area contributed by atoms with Gasteiger partial charge in [0, 0.05) is 42.5 Å². The summed E-state index contributed by atoms with van der Waals surface area (Å²) in [6, 6.07) is 1.98. The second-order valence-corrected chi connectivity index (χ2v) is 5.30. The Kier molecular flexibility index (Phi) is 7.22. The molecule has 0 saturated carbocycles. The number of nitrogens with zero attached hydrogens (tertiary/aromatic N) is 1. The molecule has 1 heterocycles. The summed E-state index contributed by atoms with van der Waals surface area (Å²) in [5.74, 6) is 0. The molecule has 0 aliphatic heterocycles. The van der Waals surface area contributed by atoms with Crippen molar-refractivity contribution in [3.63, 3.8) is 0 Å². The Morgan fingerprint density at radius 3 is 2.76 bits per heavy atom. The van der Waals surface area contributed by atoms with E-state index in [1.54, 1.807) is 20.4 Å². The van der Waals surface area contributed by atoms with Gasteiger partial charge in [-0.1, -0.05) is 0 Å². The van der Waals surface area contributed by atoms with Gasteiger partial charge in [-0.05, 0) is 37.9 Å². The zero-order valence-electron chi connectivity index (χ0n) is 9.87. The average molecular weight is 368 g/mol. The van der Waals surface area contributed by atoms with Crippen molar-refractivity contribution in [3.05, 3.63) is 26.9 Å². The molecule has 0 bridgehead atoms. The van der Waals surface area contributed by atoms with Gasteiger partial charge < -0.3 is 14.8 Å². The van der Waals surface area contributed by atoms with Crippen LogP contribution >= 0.6 is 31.9 Å². The van der Waals surface area contributed by atoms with Crippen molar-refractivity contribution in [1.82, 2.24) is 10.3 Å². The summed E-state index contributed by atoms with van der Waals surface area (Å²) in [4.78, 5) is 4.32. The number of rotatable bonds is 7. The number of hydrogen-bond donors (Lipinski definition) is 1. The summed E-state index contributed by atoms with van der Waals surface area (Å²) in [6.45, 7) is 2.00. The van der Waals surface area contributed by atoms with E-state index in [1.165, 1.54) is 0 Å². The van der Waals surface area contributed by atoms with Crippen LogP contribution in [0.15, 0.2) is 21.2 Å². The van der Waals surface area contributed by atoms with Crippen molar-refractivity contribution in [2.45, 2.75) is 12.6 Å². The van der Waals surface area contributed by atoms with Crippen molar-refractivity contribution in [3.8, 4) is 0 Å². The molecule has 1 aromatic rings. The van der Waals surface area contributed by atoms with E-state index in [2.05, 4.69) is 42.2 Å². The van der Waals surface area contributed by atoms with Gasteiger partial charge in [0.2, 0.25) is 0 Å². The number of pyridine rings is 1. The minimum atomic E-state index is 0.0641. The molecule has 0 radical (unpaired) electrons. The highest BCUT2D eigenvalue weighted by atomic mass is 79.9. The monoisotopic (exact) mass is 366 g/mol. The summed E-state index contributed by atoms with van der Waals surface area (Å²) >= 11 is 6.84. The lowest BCUT2D eigenvalue weighted by Crippen LogP contribution is -2.31. The van der Waals surface area contributed by atoms with Crippen LogP contribution in [0.1, 0.15) is 5.69 Å². The topological polar surface area (TPSA) is 43.4 Å². The van der Waals surface area contributed by atoms with Gasteiger partial charge in [0.05, 0.1) is 18.4 Å². The molecule has 1 N–H and O–H groups in total. The Hall–Kier alpha value is -0.0100. The Labute approximate surface area is 118 Å². The quantitative estimate of drug-likeness (QED) is 0.803. The molecule has 0 aliphatic rings. The highest BCUT2D eigenvalue weighted by Gasteiger charge is 2.07. The Balaban J connectivity index is 2.39. The second-order valence-electron chi connectivity index (χ2n) is 3.53. The first-order valence-corrected chi connectivity index (χ1v) is 6.78. The number of hydrogen-bond acceptors (Lipinski definition) is 4. The third-order valence-corrected chi connectivity index (χ3v) is 3.35. The maximum atomic E-state index is 5.25. The number of nitrogens with one attached hydrogen (secondary N) is 1. The summed E-state index contributed by atoms with van der Waals surface area (Å²) in [5, 5.41) is 3.28. The van der Waals surface area contributed by atoms with Crippen LogP contribution in [0, 0.1) is 0 Å². The Morgan fingerprint density at radius 1 is 1.41 bits per heavy atom. The maximum Gasteiger partial charge on any atom is 0.0928 e. The fourth-order valence-corrected chi connectivity index (χ4v) is 2.45. The normalized spacial score (nSPS) is 12.7. The minimum absolute atomic E-state index is 0.0641. The predicted octanol–water partition coefficient (Wildman–Crippen LogP) is 2.36. The third-order valence-electron chi connectivity index (χ3n) is 2.23. The van der Waals surface area contributed by atoms with E-state index >= 15 is 0 Å². The first-order valence-electron chi connectivity index (χ1n) is 5.19. The minimum Gasteiger partial charge on any atom is -0.382 e. The largest absolute Gasteiger partial charge is 0.382 e. The van der Waals surface area contributed by atoms with Crippen LogP contribution in [0.25, 0.3) is 0 Å². The molecular formula is C11H16Br2N2O2. The molecule has 1 atom stereocenters. The van der Waals surface area contributed by atoms with Crippen molar-refractivity contribution < 1.29 is 9.47 Å². The predicted molar refractivity (Wildman–Crippen MR) is 74.0 cm³/mol. The van der Waals surface area contributed by atoms with Crippen LogP contribution in [0.2, 0.25) is 0 Å². The molecule has 0 spiro atoms. The molecule has 17 heavy (non-hydrogen) atoms. The standard InChI is InChI=1S/C11H16Br2N2O2/c1-16-7-9(17-2)5-14-6-11-10(13)3-8(12)4-15-11/h3-4,9,14H,5-7H2,1-2H3. The highest BCUT2D eigenvalue weighted by Crippen LogP contribution is 2.19. The fourth-order valence-electron chi connectivity index (χ4n) is 1.32. The van der Waals surface area contributed by atoms with Gasteiger partial charge in [-0.3, -0.25) is 4.98 Å². The second kappa shape index (κ2) is 8.16. The Morgan fingerprint density at radius 2 is 2.18 bits per heavy atom. The summed E-state index contributed by atoms with van der Waals surface area (Å²) in [7, 11) is 3.35. The molecular weight excluding hydrogens is 352 g/mol. The van der Waals surface area contributed by atoms with Crippen LogP contribution in [0.5, 0.6) is 0 Å². The molecule has 1 unspecified atom stereocenters. The van der Waals surface area contributed by atoms with Crippen LogP contribution in [-0.2, 0) is 16.0 Å².